The molecule has 1 aromatic rings. The van der Waals surface area contributed by atoms with Gasteiger partial charge in [-0.05, 0) is 50.6 Å². The Kier molecular flexibility index (Phi) is 2.96. The summed E-state index contributed by atoms with van der Waals surface area (Å²) in [7, 11) is 0. The molecule has 1 N–H and O–H groups in total. The predicted molar refractivity (Wildman–Crippen MR) is 62.4 cm³/mol. The molecule has 0 spiro atoms. The molecule has 3 nitrogen and oxygen atoms in total. The minimum absolute atomic E-state index is 0.753. The molecule has 0 radical (unpaired) electrons. The van der Waals surface area contributed by atoms with E-state index >= 15 is 0 Å². The van der Waals surface area contributed by atoms with Gasteiger partial charge in [-0.2, -0.15) is 0 Å². The zero-order valence-electron chi connectivity index (χ0n) is 9.74. The Morgan fingerprint density at radius 2 is 2.06 bits per heavy atom. The topological polar surface area (TPSA) is 38.1 Å². The van der Waals surface area contributed by atoms with Crippen molar-refractivity contribution in [3.8, 4) is 0 Å². The van der Waals surface area contributed by atoms with E-state index < -0.39 is 0 Å². The van der Waals surface area contributed by atoms with Gasteiger partial charge in [0.25, 0.3) is 0 Å². The lowest BCUT2D eigenvalue weighted by atomic mass is 9.79. The molecule has 0 aromatic carbocycles. The smallest absolute Gasteiger partial charge is 0.140 e. The molecule has 2 heterocycles. The highest BCUT2D eigenvalue weighted by atomic mass is 16.5. The number of piperidine rings is 1. The molecule has 1 saturated heterocycles. The summed E-state index contributed by atoms with van der Waals surface area (Å²) < 4.78 is 5.45. The van der Waals surface area contributed by atoms with Crippen molar-refractivity contribution in [2.75, 3.05) is 13.1 Å². The second-order valence-electron chi connectivity index (χ2n) is 5.23. The molecule has 0 unspecified atom stereocenters. The van der Waals surface area contributed by atoms with Crippen LogP contribution in [0.4, 0.5) is 0 Å². The van der Waals surface area contributed by atoms with Crippen LogP contribution in [0.3, 0.4) is 0 Å². The first-order chi connectivity index (χ1) is 7.93. The molecular weight excluding hydrogens is 200 g/mol. The Balaban J connectivity index is 1.66. The van der Waals surface area contributed by atoms with E-state index in [1.54, 1.807) is 0 Å². The molecule has 1 aromatic heterocycles. The maximum Gasteiger partial charge on any atom is 0.140 e. The zero-order chi connectivity index (χ0) is 10.8. The van der Waals surface area contributed by atoms with E-state index in [1.807, 2.05) is 6.20 Å². The Morgan fingerprint density at radius 1 is 1.25 bits per heavy atom. The number of rotatable bonds is 3. The fourth-order valence-corrected chi connectivity index (χ4v) is 2.83. The average molecular weight is 220 g/mol. The summed E-state index contributed by atoms with van der Waals surface area (Å²) >= 11 is 0. The third-order valence-electron chi connectivity index (χ3n) is 4.15. The molecule has 1 aliphatic heterocycles. The molecule has 3 heteroatoms. The second kappa shape index (κ2) is 4.58. The standard InChI is InChI=1S/C13H20N2O/c1-2-11(3-1)12-9-15-16-13(12)8-10-4-6-14-7-5-10/h9-11,14H,1-8H2. The van der Waals surface area contributed by atoms with Crippen molar-refractivity contribution in [2.45, 2.75) is 44.4 Å². The third kappa shape index (κ3) is 2.01. The van der Waals surface area contributed by atoms with Gasteiger partial charge in [0.1, 0.15) is 5.76 Å². The fraction of sp³-hybridized carbons (Fsp3) is 0.769. The van der Waals surface area contributed by atoms with Gasteiger partial charge in [-0.3, -0.25) is 0 Å². The monoisotopic (exact) mass is 220 g/mol. The van der Waals surface area contributed by atoms with Crippen molar-refractivity contribution in [3.63, 3.8) is 0 Å². The first-order valence-corrected chi connectivity index (χ1v) is 6.57. The molecule has 0 atom stereocenters. The van der Waals surface area contributed by atoms with E-state index in [0.717, 1.165) is 31.3 Å². The van der Waals surface area contributed by atoms with Crippen molar-refractivity contribution in [3.05, 3.63) is 17.5 Å². The number of nitrogens with one attached hydrogen (secondary N) is 1. The van der Waals surface area contributed by atoms with Crippen LogP contribution in [0.25, 0.3) is 0 Å². The minimum Gasteiger partial charge on any atom is -0.361 e. The molecule has 0 amide bonds. The van der Waals surface area contributed by atoms with Gasteiger partial charge >= 0.3 is 0 Å². The van der Waals surface area contributed by atoms with Crippen LogP contribution in [0.2, 0.25) is 0 Å². The highest BCUT2D eigenvalue weighted by Crippen LogP contribution is 2.38. The van der Waals surface area contributed by atoms with Crippen molar-refractivity contribution in [2.24, 2.45) is 5.92 Å². The summed E-state index contributed by atoms with van der Waals surface area (Å²) in [6, 6.07) is 0. The zero-order valence-corrected chi connectivity index (χ0v) is 9.74. The third-order valence-corrected chi connectivity index (χ3v) is 4.15. The van der Waals surface area contributed by atoms with Gasteiger partial charge in [-0.25, -0.2) is 0 Å². The van der Waals surface area contributed by atoms with Gasteiger partial charge in [0, 0.05) is 12.0 Å². The molecule has 1 saturated carbocycles. The van der Waals surface area contributed by atoms with E-state index in [2.05, 4.69) is 10.5 Å². The van der Waals surface area contributed by atoms with Crippen LogP contribution in [0, 0.1) is 5.92 Å². The van der Waals surface area contributed by atoms with Crippen molar-refractivity contribution < 1.29 is 4.52 Å². The minimum atomic E-state index is 0.753. The number of nitrogens with zero attached hydrogens (tertiary/aromatic N) is 1. The first kappa shape index (κ1) is 10.3. The lowest BCUT2D eigenvalue weighted by molar-refractivity contribution is 0.312. The summed E-state index contributed by atoms with van der Waals surface area (Å²) in [5, 5.41) is 7.41. The summed E-state index contributed by atoms with van der Waals surface area (Å²) in [4.78, 5) is 0. The lowest BCUT2D eigenvalue weighted by Gasteiger charge is -2.26. The van der Waals surface area contributed by atoms with Crippen molar-refractivity contribution >= 4 is 0 Å². The molecule has 1 aliphatic carbocycles. The number of aromatic nitrogens is 1. The van der Waals surface area contributed by atoms with E-state index in [4.69, 9.17) is 4.52 Å². The normalized spacial score (nSPS) is 23.2. The van der Waals surface area contributed by atoms with E-state index in [0.29, 0.717) is 0 Å². The first-order valence-electron chi connectivity index (χ1n) is 6.57. The van der Waals surface area contributed by atoms with Crippen LogP contribution in [-0.4, -0.2) is 18.2 Å². The second-order valence-corrected chi connectivity index (χ2v) is 5.23. The van der Waals surface area contributed by atoms with Gasteiger partial charge in [-0.1, -0.05) is 11.6 Å². The Labute approximate surface area is 96.6 Å². The van der Waals surface area contributed by atoms with Gasteiger partial charge in [0.15, 0.2) is 0 Å². The van der Waals surface area contributed by atoms with Crippen molar-refractivity contribution in [1.29, 1.82) is 0 Å². The summed E-state index contributed by atoms with van der Waals surface area (Å²) in [5.74, 6) is 2.73. The van der Waals surface area contributed by atoms with Crippen LogP contribution < -0.4 is 5.32 Å². The maximum atomic E-state index is 5.45. The fourth-order valence-electron chi connectivity index (χ4n) is 2.83. The van der Waals surface area contributed by atoms with Crippen molar-refractivity contribution in [1.82, 2.24) is 10.5 Å². The summed E-state index contributed by atoms with van der Waals surface area (Å²) in [6.07, 6.45) is 9.67. The molecule has 3 rings (SSSR count). The van der Waals surface area contributed by atoms with Crippen LogP contribution in [0.15, 0.2) is 10.7 Å². The molecule has 2 fully saturated rings. The number of hydrogen-bond donors (Lipinski definition) is 1. The predicted octanol–water partition coefficient (Wildman–Crippen LogP) is 2.48. The summed E-state index contributed by atoms with van der Waals surface area (Å²) in [5.41, 5.74) is 1.41. The van der Waals surface area contributed by atoms with Gasteiger partial charge in [0.05, 0.1) is 6.20 Å². The Hall–Kier alpha value is -0.830. The SMILES string of the molecule is c1noc(CC2CCNCC2)c1C1CCC1. The highest BCUT2D eigenvalue weighted by Gasteiger charge is 2.26. The van der Waals surface area contributed by atoms with Gasteiger partial charge < -0.3 is 9.84 Å². The van der Waals surface area contributed by atoms with Gasteiger partial charge in [-0.15, -0.1) is 0 Å². The molecule has 0 bridgehead atoms. The van der Waals surface area contributed by atoms with Gasteiger partial charge in [0.2, 0.25) is 0 Å². The largest absolute Gasteiger partial charge is 0.361 e. The van der Waals surface area contributed by atoms with Crippen LogP contribution >= 0.6 is 0 Å². The highest BCUT2D eigenvalue weighted by molar-refractivity contribution is 5.21. The van der Waals surface area contributed by atoms with E-state index in [-0.39, 0.29) is 0 Å². The molecule has 88 valence electrons. The summed E-state index contributed by atoms with van der Waals surface area (Å²) in [6.45, 7) is 2.33. The molecular formula is C13H20N2O. The molecule has 2 aliphatic rings. The Bertz CT molecular complexity index is 337. The van der Waals surface area contributed by atoms with Crippen LogP contribution in [0.1, 0.15) is 49.3 Å². The quantitative estimate of drug-likeness (QED) is 0.850. The Morgan fingerprint density at radius 3 is 2.75 bits per heavy atom. The average Bonchev–Trinajstić information content (AvgIpc) is 2.66. The maximum absolute atomic E-state index is 5.45. The van der Waals surface area contributed by atoms with Crippen LogP contribution in [-0.2, 0) is 6.42 Å². The molecule has 16 heavy (non-hydrogen) atoms. The van der Waals surface area contributed by atoms with E-state index in [9.17, 15) is 0 Å². The van der Waals surface area contributed by atoms with Crippen LogP contribution in [0.5, 0.6) is 0 Å². The number of hydrogen-bond acceptors (Lipinski definition) is 3. The van der Waals surface area contributed by atoms with E-state index in [1.165, 1.54) is 43.4 Å². The lowest BCUT2D eigenvalue weighted by Crippen LogP contribution is -2.28.